The summed E-state index contributed by atoms with van der Waals surface area (Å²) in [6, 6.07) is 3.20. The summed E-state index contributed by atoms with van der Waals surface area (Å²) in [5.74, 6) is 0.484. The normalized spacial score (nSPS) is 18.7. The van der Waals surface area contributed by atoms with Crippen molar-refractivity contribution in [2.75, 3.05) is 52.3 Å². The maximum Gasteiger partial charge on any atom is 0.240 e. The second-order valence-corrected chi connectivity index (χ2v) is 7.36. The lowest BCUT2D eigenvalue weighted by Gasteiger charge is -2.35. The average molecular weight is 396 g/mol. The van der Waals surface area contributed by atoms with Crippen LogP contribution in [0.15, 0.2) is 12.1 Å². The van der Waals surface area contributed by atoms with Crippen molar-refractivity contribution in [3.63, 3.8) is 0 Å². The number of carbonyl (C=O) groups is 2. The molecule has 1 saturated carbocycles. The van der Waals surface area contributed by atoms with E-state index in [0.717, 1.165) is 19.6 Å². The number of hydrogen-bond acceptors (Lipinski definition) is 5. The van der Waals surface area contributed by atoms with Crippen molar-refractivity contribution in [2.45, 2.75) is 19.8 Å². The number of rotatable bonds is 6. The van der Waals surface area contributed by atoms with Gasteiger partial charge in [-0.2, -0.15) is 0 Å². The number of halogens is 1. The second-order valence-electron chi connectivity index (χ2n) is 6.95. The predicted octanol–water partition coefficient (Wildman–Crippen LogP) is 2.24. The van der Waals surface area contributed by atoms with E-state index < -0.39 is 5.41 Å². The van der Waals surface area contributed by atoms with Gasteiger partial charge in [0.25, 0.3) is 0 Å². The molecule has 0 bridgehead atoms. The van der Waals surface area contributed by atoms with Gasteiger partial charge in [-0.15, -0.1) is 0 Å². The first-order valence-corrected chi connectivity index (χ1v) is 9.57. The summed E-state index contributed by atoms with van der Waals surface area (Å²) in [7, 11) is 3.00. The average Bonchev–Trinajstić information content (AvgIpc) is 3.50. The first kappa shape index (κ1) is 19.8. The van der Waals surface area contributed by atoms with E-state index in [9.17, 15) is 9.59 Å². The van der Waals surface area contributed by atoms with Gasteiger partial charge >= 0.3 is 0 Å². The highest BCUT2D eigenvalue weighted by molar-refractivity contribution is 6.32. The van der Waals surface area contributed by atoms with Gasteiger partial charge in [-0.1, -0.05) is 18.5 Å². The summed E-state index contributed by atoms with van der Waals surface area (Å²) in [5, 5.41) is 3.23. The van der Waals surface area contributed by atoms with Crippen LogP contribution in [-0.4, -0.2) is 68.6 Å². The number of methoxy groups -OCH3 is 2. The van der Waals surface area contributed by atoms with Gasteiger partial charge in [-0.3, -0.25) is 9.59 Å². The summed E-state index contributed by atoms with van der Waals surface area (Å²) in [6.07, 6.45) is 1.14. The molecular weight excluding hydrogens is 370 g/mol. The quantitative estimate of drug-likeness (QED) is 0.748. The number of piperazine rings is 1. The first-order chi connectivity index (χ1) is 12.9. The first-order valence-electron chi connectivity index (χ1n) is 9.20. The Kier molecular flexibility index (Phi) is 5.81. The van der Waals surface area contributed by atoms with Crippen molar-refractivity contribution >= 4 is 29.1 Å². The number of carbonyl (C=O) groups excluding carboxylic acids is 2. The molecule has 1 aliphatic heterocycles. The van der Waals surface area contributed by atoms with Crippen molar-refractivity contribution in [3.05, 3.63) is 17.2 Å². The van der Waals surface area contributed by atoms with E-state index in [1.54, 1.807) is 12.1 Å². The SMILES string of the molecule is CCN1CCN(C(=O)C2(C(=O)Nc3cc(OC)c(Cl)cc3OC)CC2)CC1. The van der Waals surface area contributed by atoms with Crippen LogP contribution in [0.4, 0.5) is 5.69 Å². The summed E-state index contributed by atoms with van der Waals surface area (Å²) >= 11 is 6.11. The monoisotopic (exact) mass is 395 g/mol. The minimum Gasteiger partial charge on any atom is -0.495 e. The number of nitrogens with zero attached hydrogens (tertiary/aromatic N) is 2. The van der Waals surface area contributed by atoms with Gasteiger partial charge in [-0.25, -0.2) is 0 Å². The smallest absolute Gasteiger partial charge is 0.240 e. The minimum absolute atomic E-state index is 0.0735. The number of anilines is 1. The van der Waals surface area contributed by atoms with Crippen LogP contribution in [0.5, 0.6) is 11.5 Å². The van der Waals surface area contributed by atoms with Crippen LogP contribution < -0.4 is 14.8 Å². The topological polar surface area (TPSA) is 71.1 Å². The number of nitrogens with one attached hydrogen (secondary N) is 1. The van der Waals surface area contributed by atoms with Crippen molar-refractivity contribution < 1.29 is 19.1 Å². The zero-order chi connectivity index (χ0) is 19.6. The van der Waals surface area contributed by atoms with Crippen molar-refractivity contribution in [1.82, 2.24) is 9.80 Å². The lowest BCUT2D eigenvalue weighted by atomic mass is 10.0. The van der Waals surface area contributed by atoms with Crippen molar-refractivity contribution in [3.8, 4) is 11.5 Å². The number of ether oxygens (including phenoxy) is 2. The van der Waals surface area contributed by atoms with Crippen LogP contribution in [0.1, 0.15) is 19.8 Å². The molecule has 1 saturated heterocycles. The summed E-state index contributed by atoms with van der Waals surface area (Å²) in [5.41, 5.74) is -0.523. The Hall–Kier alpha value is -1.99. The van der Waals surface area contributed by atoms with Gasteiger partial charge in [0.05, 0.1) is 24.9 Å². The van der Waals surface area contributed by atoms with Crippen molar-refractivity contribution in [1.29, 1.82) is 0 Å². The molecule has 0 aromatic heterocycles. The fraction of sp³-hybridized carbons (Fsp3) is 0.579. The Balaban J connectivity index is 1.73. The Morgan fingerprint density at radius 3 is 2.26 bits per heavy atom. The zero-order valence-electron chi connectivity index (χ0n) is 16.0. The molecule has 0 atom stereocenters. The molecule has 3 rings (SSSR count). The van der Waals surface area contributed by atoms with Crippen LogP contribution in [0.2, 0.25) is 5.02 Å². The molecular formula is C19H26ClN3O4. The van der Waals surface area contributed by atoms with E-state index in [0.29, 0.717) is 48.1 Å². The van der Waals surface area contributed by atoms with E-state index in [1.807, 2.05) is 4.90 Å². The lowest BCUT2D eigenvalue weighted by molar-refractivity contribution is -0.143. The van der Waals surface area contributed by atoms with E-state index in [2.05, 4.69) is 17.1 Å². The third kappa shape index (κ3) is 3.84. The number of benzene rings is 1. The molecule has 2 aliphatic rings. The molecule has 1 aromatic carbocycles. The van der Waals surface area contributed by atoms with Crippen LogP contribution in [0, 0.1) is 5.41 Å². The summed E-state index contributed by atoms with van der Waals surface area (Å²) < 4.78 is 10.5. The fourth-order valence-electron chi connectivity index (χ4n) is 3.43. The highest BCUT2D eigenvalue weighted by atomic mass is 35.5. The third-order valence-corrected chi connectivity index (χ3v) is 5.72. The maximum absolute atomic E-state index is 13.0. The van der Waals surface area contributed by atoms with Gasteiger partial charge < -0.3 is 24.6 Å². The predicted molar refractivity (Wildman–Crippen MR) is 104 cm³/mol. The van der Waals surface area contributed by atoms with Gasteiger partial charge in [0.2, 0.25) is 11.8 Å². The summed E-state index contributed by atoms with van der Waals surface area (Å²) in [4.78, 5) is 30.1. The number of hydrogen-bond donors (Lipinski definition) is 1. The van der Waals surface area contributed by atoms with Gasteiger partial charge in [-0.05, 0) is 19.4 Å². The lowest BCUT2D eigenvalue weighted by Crippen LogP contribution is -2.52. The van der Waals surface area contributed by atoms with Crippen LogP contribution in [-0.2, 0) is 9.59 Å². The molecule has 1 aliphatic carbocycles. The van der Waals surface area contributed by atoms with Crippen LogP contribution >= 0.6 is 11.6 Å². The van der Waals surface area contributed by atoms with Crippen molar-refractivity contribution in [2.24, 2.45) is 5.41 Å². The molecule has 7 nitrogen and oxygen atoms in total. The fourth-order valence-corrected chi connectivity index (χ4v) is 3.66. The Morgan fingerprint density at radius 1 is 1.11 bits per heavy atom. The van der Waals surface area contributed by atoms with E-state index >= 15 is 0 Å². The Labute approximate surface area is 164 Å². The van der Waals surface area contributed by atoms with E-state index in [-0.39, 0.29) is 11.8 Å². The standard InChI is InChI=1S/C19H26ClN3O4/c1-4-22-7-9-23(10-8-22)18(25)19(5-6-19)17(24)21-14-12-15(26-2)13(20)11-16(14)27-3/h11-12H,4-10H2,1-3H3,(H,21,24). The molecule has 1 N–H and O–H groups in total. The van der Waals surface area contributed by atoms with Gasteiger partial charge in [0.15, 0.2) is 0 Å². The highest BCUT2D eigenvalue weighted by Gasteiger charge is 2.58. The molecule has 0 unspecified atom stereocenters. The number of amides is 2. The third-order valence-electron chi connectivity index (χ3n) is 5.42. The Morgan fingerprint density at radius 2 is 1.74 bits per heavy atom. The van der Waals surface area contributed by atoms with Gasteiger partial charge in [0.1, 0.15) is 16.9 Å². The highest BCUT2D eigenvalue weighted by Crippen LogP contribution is 2.49. The van der Waals surface area contributed by atoms with Gasteiger partial charge in [0, 0.05) is 38.3 Å². The second kappa shape index (κ2) is 7.94. The van der Waals surface area contributed by atoms with E-state index in [1.165, 1.54) is 14.2 Å². The molecule has 2 amide bonds. The molecule has 0 spiro atoms. The molecule has 8 heteroatoms. The zero-order valence-corrected chi connectivity index (χ0v) is 16.8. The minimum atomic E-state index is -0.966. The largest absolute Gasteiger partial charge is 0.495 e. The molecule has 148 valence electrons. The van der Waals surface area contributed by atoms with Crippen LogP contribution in [0.25, 0.3) is 0 Å². The molecule has 27 heavy (non-hydrogen) atoms. The van der Waals surface area contributed by atoms with Crippen LogP contribution in [0.3, 0.4) is 0 Å². The molecule has 1 aromatic rings. The summed E-state index contributed by atoms with van der Waals surface area (Å²) in [6.45, 7) is 6.12. The maximum atomic E-state index is 13.0. The molecule has 1 heterocycles. The number of likely N-dealkylation sites (N-methyl/N-ethyl adjacent to an activating group) is 1. The Bertz CT molecular complexity index is 728. The molecule has 2 fully saturated rings. The van der Waals surface area contributed by atoms with E-state index in [4.69, 9.17) is 21.1 Å². The molecule has 0 radical (unpaired) electrons.